The summed E-state index contributed by atoms with van der Waals surface area (Å²) in [6.45, 7) is 4.79. The number of nitrogens with two attached hydrogens (primary N) is 2. The van der Waals surface area contributed by atoms with Gasteiger partial charge in [0.2, 0.25) is 0 Å². The summed E-state index contributed by atoms with van der Waals surface area (Å²) in [4.78, 5) is 1.99. The first-order valence-electron chi connectivity index (χ1n) is 10.9. The third kappa shape index (κ3) is 3.05. The van der Waals surface area contributed by atoms with Crippen LogP contribution in [0.1, 0.15) is 78.1 Å². The molecule has 3 aliphatic carbocycles. The Bertz CT molecular complexity index is 403. The lowest BCUT2D eigenvalue weighted by molar-refractivity contribution is -0.989. The van der Waals surface area contributed by atoms with Crippen LogP contribution in [0.5, 0.6) is 0 Å². The molecule has 8 atom stereocenters. The Hall–Kier alpha value is -0.120. The summed E-state index contributed by atoms with van der Waals surface area (Å²) in [5, 5.41) is 0. The molecule has 1 heterocycles. The van der Waals surface area contributed by atoms with Gasteiger partial charge < -0.3 is 16.4 Å². The largest absolute Gasteiger partial charge is 0.327 e. The fourth-order valence-electron chi connectivity index (χ4n) is 7.11. The zero-order valence-electron chi connectivity index (χ0n) is 15.9. The summed E-state index contributed by atoms with van der Waals surface area (Å²) in [7, 11) is 0. The predicted octanol–water partition coefficient (Wildman–Crippen LogP) is 2.09. The summed E-state index contributed by atoms with van der Waals surface area (Å²) >= 11 is 0. The molecule has 3 saturated carbocycles. The lowest BCUT2D eigenvalue weighted by Crippen LogP contribution is -3.25. The summed E-state index contributed by atoms with van der Waals surface area (Å²) < 4.78 is 0. The smallest absolute Gasteiger partial charge is 0.0922 e. The van der Waals surface area contributed by atoms with E-state index in [0.29, 0.717) is 12.1 Å². The molecule has 8 unspecified atom stereocenters. The van der Waals surface area contributed by atoms with Crippen molar-refractivity contribution in [2.24, 2.45) is 35.1 Å². The topological polar surface area (TPSA) is 56.5 Å². The van der Waals surface area contributed by atoms with E-state index in [4.69, 9.17) is 11.5 Å². The van der Waals surface area contributed by atoms with E-state index in [2.05, 4.69) is 13.8 Å². The fraction of sp³-hybridized carbons (Fsp3) is 1.00. The van der Waals surface area contributed by atoms with Gasteiger partial charge in [-0.25, -0.2) is 0 Å². The molecule has 3 nitrogen and oxygen atoms in total. The molecule has 3 heteroatoms. The van der Waals surface area contributed by atoms with Crippen molar-refractivity contribution in [3.63, 3.8) is 0 Å². The fourth-order valence-corrected chi connectivity index (χ4v) is 7.11. The van der Waals surface area contributed by atoms with Crippen LogP contribution in [0.15, 0.2) is 0 Å². The molecule has 0 aromatic heterocycles. The Labute approximate surface area is 148 Å². The molecule has 24 heavy (non-hydrogen) atoms. The Morgan fingerprint density at radius 1 is 0.667 bits per heavy atom. The minimum atomic E-state index is 0.428. The van der Waals surface area contributed by atoms with Gasteiger partial charge >= 0.3 is 0 Å². The van der Waals surface area contributed by atoms with Crippen LogP contribution in [0.25, 0.3) is 0 Å². The molecule has 0 aromatic carbocycles. The number of fused-ring (bicyclic) bond motifs is 2. The zero-order chi connectivity index (χ0) is 16.8. The summed E-state index contributed by atoms with van der Waals surface area (Å²) in [6.07, 6.45) is 14.0. The van der Waals surface area contributed by atoms with Crippen LogP contribution in [0.2, 0.25) is 0 Å². The van der Waals surface area contributed by atoms with E-state index < -0.39 is 0 Å². The molecular formula is C21H40N3+. The number of nitrogens with one attached hydrogen (secondary N) is 1. The van der Waals surface area contributed by atoms with Gasteiger partial charge in [-0.05, 0) is 56.8 Å². The van der Waals surface area contributed by atoms with Crippen molar-refractivity contribution in [1.29, 1.82) is 0 Å². The standard InChI is InChI=1S/C21H39N3/c1-13-8-15-10-16-9-14(2)19(23)12-21(16)24(20(15)11-18(13)22)17-6-4-3-5-7-17/h13-21H,3-12,22-23H2,1-2H3/p+1. The van der Waals surface area contributed by atoms with Crippen LogP contribution in [0.3, 0.4) is 0 Å². The number of likely N-dealkylation sites (tertiary alicyclic amines) is 1. The molecule has 5 N–H and O–H groups in total. The highest BCUT2D eigenvalue weighted by molar-refractivity contribution is 4.96. The second kappa shape index (κ2) is 6.89. The average Bonchev–Trinajstić information content (AvgIpc) is 2.57. The monoisotopic (exact) mass is 334 g/mol. The van der Waals surface area contributed by atoms with E-state index in [1.807, 2.05) is 4.90 Å². The first-order valence-corrected chi connectivity index (χ1v) is 10.9. The molecule has 138 valence electrons. The highest BCUT2D eigenvalue weighted by Crippen LogP contribution is 2.41. The van der Waals surface area contributed by atoms with Crippen LogP contribution in [-0.4, -0.2) is 30.2 Å². The van der Waals surface area contributed by atoms with Crippen molar-refractivity contribution in [3.8, 4) is 0 Å². The number of piperidine rings is 1. The Balaban J connectivity index is 1.61. The maximum Gasteiger partial charge on any atom is 0.0922 e. The maximum absolute atomic E-state index is 6.56. The third-order valence-electron chi connectivity index (χ3n) is 8.54. The molecule has 4 fully saturated rings. The van der Waals surface area contributed by atoms with E-state index in [1.165, 1.54) is 64.2 Å². The Kier molecular flexibility index (Phi) is 4.96. The Morgan fingerprint density at radius 2 is 1.17 bits per heavy atom. The molecule has 0 amide bonds. The molecule has 1 aliphatic heterocycles. The van der Waals surface area contributed by atoms with Gasteiger partial charge in [-0.15, -0.1) is 0 Å². The normalized spacial score (nSPS) is 53.2. The molecule has 0 aromatic rings. The van der Waals surface area contributed by atoms with E-state index in [1.54, 1.807) is 0 Å². The van der Waals surface area contributed by atoms with Gasteiger partial charge in [-0.3, -0.25) is 0 Å². The number of hydrogen-bond donors (Lipinski definition) is 3. The van der Waals surface area contributed by atoms with Crippen molar-refractivity contribution in [2.45, 2.75) is 108 Å². The highest BCUT2D eigenvalue weighted by Gasteiger charge is 2.53. The number of quaternary nitrogens is 1. The molecule has 4 aliphatic rings. The van der Waals surface area contributed by atoms with E-state index in [-0.39, 0.29) is 0 Å². The highest BCUT2D eigenvalue weighted by atomic mass is 15.2. The van der Waals surface area contributed by atoms with Crippen LogP contribution in [0.4, 0.5) is 0 Å². The van der Waals surface area contributed by atoms with Gasteiger partial charge in [-0.2, -0.15) is 0 Å². The number of hydrogen-bond acceptors (Lipinski definition) is 2. The van der Waals surface area contributed by atoms with Crippen LogP contribution < -0.4 is 16.4 Å². The van der Waals surface area contributed by atoms with Gasteiger partial charge in [0.05, 0.1) is 18.1 Å². The maximum atomic E-state index is 6.56. The van der Waals surface area contributed by atoms with E-state index in [0.717, 1.165) is 41.8 Å². The van der Waals surface area contributed by atoms with Gasteiger partial charge in [0.15, 0.2) is 0 Å². The van der Waals surface area contributed by atoms with Crippen molar-refractivity contribution >= 4 is 0 Å². The van der Waals surface area contributed by atoms with Gasteiger partial charge in [0.25, 0.3) is 0 Å². The molecule has 4 rings (SSSR count). The molecule has 1 saturated heterocycles. The zero-order valence-corrected chi connectivity index (χ0v) is 15.9. The van der Waals surface area contributed by atoms with Crippen LogP contribution in [0, 0.1) is 23.7 Å². The van der Waals surface area contributed by atoms with Gasteiger partial charge in [0, 0.05) is 36.8 Å². The van der Waals surface area contributed by atoms with Crippen molar-refractivity contribution < 1.29 is 4.90 Å². The van der Waals surface area contributed by atoms with Crippen molar-refractivity contribution in [3.05, 3.63) is 0 Å². The minimum absolute atomic E-state index is 0.428. The first kappa shape index (κ1) is 17.3. The predicted molar refractivity (Wildman–Crippen MR) is 99.8 cm³/mol. The SMILES string of the molecule is CC1CC2CC3CC(C)C(N)CC3[NH+](C3CCCCC3)C2CC1N. The van der Waals surface area contributed by atoms with Gasteiger partial charge in [-0.1, -0.05) is 20.3 Å². The second-order valence-corrected chi connectivity index (χ2v) is 10.0. The number of rotatable bonds is 1. The lowest BCUT2D eigenvalue weighted by atomic mass is 9.62. The molecular weight excluding hydrogens is 294 g/mol. The van der Waals surface area contributed by atoms with Crippen LogP contribution in [-0.2, 0) is 0 Å². The quantitative estimate of drug-likeness (QED) is 0.688. The summed E-state index contributed by atoms with van der Waals surface area (Å²) in [5.41, 5.74) is 13.1. The van der Waals surface area contributed by atoms with E-state index >= 15 is 0 Å². The Morgan fingerprint density at radius 3 is 1.67 bits per heavy atom. The lowest BCUT2D eigenvalue weighted by Gasteiger charge is -2.57. The molecule has 0 bridgehead atoms. The third-order valence-corrected chi connectivity index (χ3v) is 8.54. The van der Waals surface area contributed by atoms with Crippen molar-refractivity contribution in [1.82, 2.24) is 0 Å². The van der Waals surface area contributed by atoms with E-state index in [9.17, 15) is 0 Å². The summed E-state index contributed by atoms with van der Waals surface area (Å²) in [5.74, 6) is 3.30. The minimum Gasteiger partial charge on any atom is -0.327 e. The summed E-state index contributed by atoms with van der Waals surface area (Å²) in [6, 6.07) is 3.43. The average molecular weight is 335 g/mol. The first-order chi connectivity index (χ1) is 11.5. The van der Waals surface area contributed by atoms with Crippen LogP contribution >= 0.6 is 0 Å². The van der Waals surface area contributed by atoms with Gasteiger partial charge in [0.1, 0.15) is 0 Å². The van der Waals surface area contributed by atoms with Crippen molar-refractivity contribution in [2.75, 3.05) is 0 Å². The molecule has 0 radical (unpaired) electrons. The second-order valence-electron chi connectivity index (χ2n) is 10.0. The molecule has 0 spiro atoms.